The van der Waals surface area contributed by atoms with Gasteiger partial charge in [-0.3, -0.25) is 0 Å². The van der Waals surface area contributed by atoms with Crippen molar-refractivity contribution in [3.63, 3.8) is 0 Å². The van der Waals surface area contributed by atoms with E-state index in [1.165, 1.54) is 7.11 Å². The van der Waals surface area contributed by atoms with Gasteiger partial charge in [-0.15, -0.1) is 0 Å². The number of hydrogen-bond donors (Lipinski definition) is 2. The maximum absolute atomic E-state index is 11.6. The van der Waals surface area contributed by atoms with E-state index in [1.807, 2.05) is 80.6 Å². The summed E-state index contributed by atoms with van der Waals surface area (Å²) in [5, 5.41) is 22.3. The largest absolute Gasteiger partial charge is 0.495 e. The number of fused-ring (bicyclic) bond motifs is 2. The maximum atomic E-state index is 11.6. The van der Waals surface area contributed by atoms with E-state index in [0.29, 0.717) is 11.3 Å². The molecular formula is C31H26O5. The molecular weight excluding hydrogens is 452 g/mol. The van der Waals surface area contributed by atoms with E-state index in [-0.39, 0.29) is 5.56 Å². The molecule has 180 valence electrons. The van der Waals surface area contributed by atoms with Gasteiger partial charge in [0.05, 0.1) is 12.7 Å². The third-order valence-electron chi connectivity index (χ3n) is 6.14. The number of benzene rings is 5. The molecule has 0 aliphatic heterocycles. The number of aryl methyl sites for hydroxylation is 2. The number of aromatic carboxylic acids is 2. The van der Waals surface area contributed by atoms with Gasteiger partial charge in [-0.25, -0.2) is 9.59 Å². The number of hydrogen-bond acceptors (Lipinski definition) is 3. The van der Waals surface area contributed by atoms with Gasteiger partial charge in [-0.2, -0.15) is 0 Å². The summed E-state index contributed by atoms with van der Waals surface area (Å²) in [6, 6.07) is 28.5. The molecule has 0 atom stereocenters. The molecule has 0 bridgehead atoms. The Kier molecular flexibility index (Phi) is 7.02. The van der Waals surface area contributed by atoms with Crippen LogP contribution in [0, 0.1) is 13.8 Å². The van der Waals surface area contributed by atoms with E-state index in [1.54, 1.807) is 18.2 Å². The van der Waals surface area contributed by atoms with Crippen molar-refractivity contribution >= 4 is 33.5 Å². The van der Waals surface area contributed by atoms with Crippen LogP contribution in [-0.2, 0) is 0 Å². The first-order valence-electron chi connectivity index (χ1n) is 11.4. The molecule has 0 aliphatic rings. The Morgan fingerprint density at radius 2 is 1.22 bits per heavy atom. The summed E-state index contributed by atoms with van der Waals surface area (Å²) in [6.07, 6.45) is 0. The molecule has 5 aromatic carbocycles. The lowest BCUT2D eigenvalue weighted by molar-refractivity contribution is 0.0684. The second kappa shape index (κ2) is 10.3. The lowest BCUT2D eigenvalue weighted by Gasteiger charge is -2.14. The smallest absolute Gasteiger partial charge is 0.339 e. The van der Waals surface area contributed by atoms with E-state index in [9.17, 15) is 14.7 Å². The van der Waals surface area contributed by atoms with Crippen molar-refractivity contribution < 1.29 is 24.5 Å². The monoisotopic (exact) mass is 478 g/mol. The second-order valence-electron chi connectivity index (χ2n) is 8.51. The topological polar surface area (TPSA) is 83.8 Å². The highest BCUT2D eigenvalue weighted by Crippen LogP contribution is 2.35. The fourth-order valence-corrected chi connectivity index (χ4v) is 4.38. The molecule has 0 aliphatic carbocycles. The number of carboxylic acid groups (broad SMARTS) is 2. The number of methoxy groups -OCH3 is 1. The Labute approximate surface area is 209 Å². The average Bonchev–Trinajstić information content (AvgIpc) is 2.89. The van der Waals surface area contributed by atoms with E-state index in [2.05, 4.69) is 6.07 Å². The first kappa shape index (κ1) is 24.5. The predicted molar refractivity (Wildman–Crippen MR) is 143 cm³/mol. The molecule has 0 amide bonds. The van der Waals surface area contributed by atoms with Gasteiger partial charge in [-0.05, 0) is 53.3 Å². The normalized spacial score (nSPS) is 10.5. The third kappa shape index (κ3) is 4.77. The highest BCUT2D eigenvalue weighted by Gasteiger charge is 2.17. The number of carboxylic acids is 2. The van der Waals surface area contributed by atoms with Gasteiger partial charge in [0.2, 0.25) is 0 Å². The van der Waals surface area contributed by atoms with Crippen LogP contribution in [-0.4, -0.2) is 29.3 Å². The molecule has 36 heavy (non-hydrogen) atoms. The Bertz CT molecular complexity index is 1600. The summed E-state index contributed by atoms with van der Waals surface area (Å²) >= 11 is 0. The number of ether oxygens (including phenoxy) is 1. The summed E-state index contributed by atoms with van der Waals surface area (Å²) in [4.78, 5) is 22.6. The van der Waals surface area contributed by atoms with Gasteiger partial charge in [0.25, 0.3) is 0 Å². The second-order valence-corrected chi connectivity index (χ2v) is 8.51. The van der Waals surface area contributed by atoms with E-state index >= 15 is 0 Å². The van der Waals surface area contributed by atoms with Crippen molar-refractivity contribution in [1.29, 1.82) is 0 Å². The van der Waals surface area contributed by atoms with Gasteiger partial charge >= 0.3 is 11.9 Å². The molecule has 0 saturated carbocycles. The number of rotatable bonds is 4. The van der Waals surface area contributed by atoms with Crippen molar-refractivity contribution in [2.75, 3.05) is 7.11 Å². The molecule has 5 rings (SSSR count). The summed E-state index contributed by atoms with van der Waals surface area (Å²) in [5.74, 6) is -1.45. The molecule has 0 radical (unpaired) electrons. The van der Waals surface area contributed by atoms with Crippen molar-refractivity contribution in [1.82, 2.24) is 0 Å². The van der Waals surface area contributed by atoms with Crippen LogP contribution in [0.4, 0.5) is 0 Å². The van der Waals surface area contributed by atoms with Crippen molar-refractivity contribution in [2.45, 2.75) is 13.8 Å². The zero-order valence-electron chi connectivity index (χ0n) is 20.3. The third-order valence-corrected chi connectivity index (χ3v) is 6.14. The SMILES string of the molecule is COc1c(C(=O)O)ccc2ccccc12.Cc1ccc(C)c(-c2c(C(=O)O)ccc3ccccc23)c1. The van der Waals surface area contributed by atoms with Crippen LogP contribution in [0.2, 0.25) is 0 Å². The lowest BCUT2D eigenvalue weighted by Crippen LogP contribution is -2.01. The Morgan fingerprint density at radius 1 is 0.667 bits per heavy atom. The molecule has 0 spiro atoms. The molecule has 0 unspecified atom stereocenters. The first-order chi connectivity index (χ1) is 17.3. The molecule has 5 aromatic rings. The van der Waals surface area contributed by atoms with Gasteiger partial charge < -0.3 is 14.9 Å². The number of carbonyl (C=O) groups is 2. The van der Waals surface area contributed by atoms with E-state index in [4.69, 9.17) is 9.84 Å². The Morgan fingerprint density at radius 3 is 1.83 bits per heavy atom. The van der Waals surface area contributed by atoms with Crippen LogP contribution in [0.1, 0.15) is 31.8 Å². The van der Waals surface area contributed by atoms with Crippen molar-refractivity contribution in [3.8, 4) is 16.9 Å². The highest BCUT2D eigenvalue weighted by molar-refractivity contribution is 6.08. The van der Waals surface area contributed by atoms with Gasteiger partial charge in [0, 0.05) is 10.9 Å². The van der Waals surface area contributed by atoms with Crippen molar-refractivity contribution in [2.24, 2.45) is 0 Å². The summed E-state index contributed by atoms with van der Waals surface area (Å²) < 4.78 is 5.14. The molecule has 0 saturated heterocycles. The van der Waals surface area contributed by atoms with E-state index < -0.39 is 11.9 Å². The zero-order chi connectivity index (χ0) is 25.8. The van der Waals surface area contributed by atoms with Crippen LogP contribution in [0.25, 0.3) is 32.7 Å². The van der Waals surface area contributed by atoms with Crippen LogP contribution in [0.15, 0.2) is 91.0 Å². The Hall–Kier alpha value is -4.64. The predicted octanol–water partition coefficient (Wildman–Crippen LogP) is 7.37. The lowest BCUT2D eigenvalue weighted by atomic mass is 9.90. The van der Waals surface area contributed by atoms with Gasteiger partial charge in [-0.1, -0.05) is 84.4 Å². The molecule has 5 nitrogen and oxygen atoms in total. The molecule has 0 fully saturated rings. The van der Waals surface area contributed by atoms with Crippen LogP contribution in [0.5, 0.6) is 5.75 Å². The average molecular weight is 479 g/mol. The zero-order valence-corrected chi connectivity index (χ0v) is 20.3. The first-order valence-corrected chi connectivity index (χ1v) is 11.4. The highest BCUT2D eigenvalue weighted by atomic mass is 16.5. The maximum Gasteiger partial charge on any atom is 0.339 e. The molecule has 5 heteroatoms. The standard InChI is InChI=1S/C19H16O2.C12H10O3/c1-12-7-8-13(2)17(11-12)18-15-6-4-3-5-14(15)9-10-16(18)19(20)21;1-15-11-9-5-3-2-4-8(9)6-7-10(11)12(13)14/h3-11H,1-2H3,(H,20,21);2-7H,1H3,(H,13,14). The van der Waals surface area contributed by atoms with Crippen LogP contribution < -0.4 is 4.74 Å². The fraction of sp³-hybridized carbons (Fsp3) is 0.0968. The van der Waals surface area contributed by atoms with Gasteiger partial charge in [0.15, 0.2) is 0 Å². The molecule has 2 N–H and O–H groups in total. The van der Waals surface area contributed by atoms with Crippen molar-refractivity contribution in [3.05, 3.63) is 113 Å². The Balaban J connectivity index is 0.000000179. The fourth-order valence-electron chi connectivity index (χ4n) is 4.38. The van der Waals surface area contributed by atoms with Gasteiger partial charge in [0.1, 0.15) is 11.3 Å². The minimum atomic E-state index is -0.974. The minimum Gasteiger partial charge on any atom is -0.495 e. The quantitative estimate of drug-likeness (QED) is 0.282. The molecule has 0 aromatic heterocycles. The summed E-state index contributed by atoms with van der Waals surface area (Å²) in [6.45, 7) is 4.04. The van der Waals surface area contributed by atoms with Crippen LogP contribution >= 0.6 is 0 Å². The summed E-state index contributed by atoms with van der Waals surface area (Å²) in [5.41, 5.74) is 4.55. The molecule has 0 heterocycles. The summed E-state index contributed by atoms with van der Waals surface area (Å²) in [7, 11) is 1.48. The van der Waals surface area contributed by atoms with E-state index in [0.717, 1.165) is 43.8 Å². The minimum absolute atomic E-state index is 0.191. The van der Waals surface area contributed by atoms with Crippen LogP contribution in [0.3, 0.4) is 0 Å².